The number of benzene rings is 1. The number of carbonyl (C=O) groups is 1. The highest BCUT2D eigenvalue weighted by atomic mass is 16.6. The van der Waals surface area contributed by atoms with Gasteiger partial charge in [0.25, 0.3) is 5.69 Å². The molecule has 2 rings (SSSR count). The van der Waals surface area contributed by atoms with Crippen molar-refractivity contribution in [2.45, 2.75) is 13.8 Å². The van der Waals surface area contributed by atoms with Gasteiger partial charge < -0.3 is 9.84 Å². The quantitative estimate of drug-likeness (QED) is 0.661. The third-order valence-electron chi connectivity index (χ3n) is 2.47. The summed E-state index contributed by atoms with van der Waals surface area (Å²) in [5, 5.41) is 19.3. The van der Waals surface area contributed by atoms with Crippen LogP contribution in [0.25, 0.3) is 0 Å². The topological polar surface area (TPSA) is 110 Å². The first-order chi connectivity index (χ1) is 9.45. The zero-order chi connectivity index (χ0) is 14.7. The Morgan fingerprint density at radius 2 is 2.05 bits per heavy atom. The smallest absolute Gasteiger partial charge is 0.325 e. The van der Waals surface area contributed by atoms with E-state index in [4.69, 9.17) is 4.52 Å². The van der Waals surface area contributed by atoms with Gasteiger partial charge in [0.1, 0.15) is 11.4 Å². The molecular weight excluding hydrogens is 264 g/mol. The summed E-state index contributed by atoms with van der Waals surface area (Å²) in [5.74, 6) is 0.774. The van der Waals surface area contributed by atoms with Crippen LogP contribution in [-0.2, 0) is 0 Å². The molecule has 0 saturated heterocycles. The summed E-state index contributed by atoms with van der Waals surface area (Å²) in [4.78, 5) is 22.1. The molecule has 0 aliphatic heterocycles. The zero-order valence-electron chi connectivity index (χ0n) is 10.8. The highest BCUT2D eigenvalue weighted by molar-refractivity contribution is 6.00. The molecule has 8 heteroatoms. The fourth-order valence-corrected chi connectivity index (χ4v) is 1.59. The molecule has 0 bridgehead atoms. The monoisotopic (exact) mass is 276 g/mol. The van der Waals surface area contributed by atoms with Crippen molar-refractivity contribution in [1.82, 2.24) is 5.16 Å². The van der Waals surface area contributed by atoms with Gasteiger partial charge >= 0.3 is 6.03 Å². The maximum Gasteiger partial charge on any atom is 0.325 e. The number of anilines is 2. The number of aromatic nitrogens is 1. The van der Waals surface area contributed by atoms with Crippen LogP contribution in [0.2, 0.25) is 0 Å². The minimum Gasteiger partial charge on any atom is -0.360 e. The van der Waals surface area contributed by atoms with Crippen molar-refractivity contribution in [3.05, 3.63) is 45.7 Å². The summed E-state index contributed by atoms with van der Waals surface area (Å²) in [5.41, 5.74) is 0.671. The van der Waals surface area contributed by atoms with E-state index in [0.29, 0.717) is 5.76 Å². The summed E-state index contributed by atoms with van der Waals surface area (Å²) in [6, 6.07) is 5.42. The molecule has 0 saturated carbocycles. The van der Waals surface area contributed by atoms with E-state index in [1.54, 1.807) is 19.9 Å². The van der Waals surface area contributed by atoms with Crippen molar-refractivity contribution in [3.63, 3.8) is 0 Å². The van der Waals surface area contributed by atoms with Crippen LogP contribution in [0.4, 0.5) is 22.0 Å². The van der Waals surface area contributed by atoms with Gasteiger partial charge in [-0.2, -0.15) is 0 Å². The number of carbonyl (C=O) groups excluding carboxylic acids is 1. The van der Waals surface area contributed by atoms with Crippen LogP contribution in [0, 0.1) is 24.0 Å². The molecule has 0 atom stereocenters. The number of aryl methyl sites for hydroxylation is 2. The van der Waals surface area contributed by atoms with Crippen LogP contribution in [0.5, 0.6) is 0 Å². The SMILES string of the molecule is Cc1ccc(NC(=O)Nc2cc(C)on2)c([N+](=O)[O-])c1. The van der Waals surface area contributed by atoms with Crippen LogP contribution < -0.4 is 10.6 Å². The number of amides is 2. The van der Waals surface area contributed by atoms with E-state index in [9.17, 15) is 14.9 Å². The molecule has 1 aromatic carbocycles. The van der Waals surface area contributed by atoms with Crippen molar-refractivity contribution in [1.29, 1.82) is 0 Å². The predicted molar refractivity (Wildman–Crippen MR) is 71.7 cm³/mol. The number of rotatable bonds is 3. The summed E-state index contributed by atoms with van der Waals surface area (Å²) >= 11 is 0. The number of nitro benzene ring substituents is 1. The van der Waals surface area contributed by atoms with Crippen LogP contribution in [-0.4, -0.2) is 16.1 Å². The Morgan fingerprint density at radius 3 is 2.65 bits per heavy atom. The van der Waals surface area contributed by atoms with Gasteiger partial charge in [0.05, 0.1) is 4.92 Å². The molecule has 0 spiro atoms. The minimum absolute atomic E-state index is 0.110. The first-order valence-electron chi connectivity index (χ1n) is 5.72. The third-order valence-corrected chi connectivity index (χ3v) is 2.47. The summed E-state index contributed by atoms with van der Waals surface area (Å²) < 4.78 is 4.79. The minimum atomic E-state index is -0.634. The molecular formula is C12H12N4O4. The van der Waals surface area contributed by atoms with Crippen molar-refractivity contribution in [3.8, 4) is 0 Å². The Bertz CT molecular complexity index is 665. The van der Waals surface area contributed by atoms with Gasteiger partial charge in [-0.15, -0.1) is 0 Å². The van der Waals surface area contributed by atoms with Gasteiger partial charge in [0.15, 0.2) is 5.82 Å². The molecule has 2 aromatic rings. The van der Waals surface area contributed by atoms with Crippen molar-refractivity contribution < 1.29 is 14.2 Å². The molecule has 0 unspecified atom stereocenters. The molecule has 8 nitrogen and oxygen atoms in total. The number of hydrogen-bond donors (Lipinski definition) is 2. The van der Waals surface area contributed by atoms with Gasteiger partial charge in [-0.1, -0.05) is 11.2 Å². The van der Waals surface area contributed by atoms with Crippen molar-refractivity contribution in [2.24, 2.45) is 0 Å². The average molecular weight is 276 g/mol. The fraction of sp³-hybridized carbons (Fsp3) is 0.167. The molecule has 1 aromatic heterocycles. The third kappa shape index (κ3) is 3.10. The normalized spacial score (nSPS) is 10.1. The highest BCUT2D eigenvalue weighted by Crippen LogP contribution is 2.25. The van der Waals surface area contributed by atoms with Crippen molar-refractivity contribution in [2.75, 3.05) is 10.6 Å². The fourth-order valence-electron chi connectivity index (χ4n) is 1.59. The number of urea groups is 1. The van der Waals surface area contributed by atoms with Crippen LogP contribution in [0.15, 0.2) is 28.8 Å². The number of nitrogens with one attached hydrogen (secondary N) is 2. The van der Waals surface area contributed by atoms with Gasteiger partial charge in [0, 0.05) is 12.1 Å². The molecule has 0 fully saturated rings. The molecule has 104 valence electrons. The summed E-state index contributed by atoms with van der Waals surface area (Å²) in [6.45, 7) is 3.41. The molecule has 0 radical (unpaired) electrons. The van der Waals surface area contributed by atoms with E-state index in [1.807, 2.05) is 0 Å². The summed E-state index contributed by atoms with van der Waals surface area (Å²) in [7, 11) is 0. The second-order valence-electron chi connectivity index (χ2n) is 4.18. The first kappa shape index (κ1) is 13.5. The van der Waals surface area contributed by atoms with Gasteiger partial charge in [-0.05, 0) is 25.5 Å². The highest BCUT2D eigenvalue weighted by Gasteiger charge is 2.16. The lowest BCUT2D eigenvalue weighted by molar-refractivity contribution is -0.384. The molecule has 0 aliphatic carbocycles. The maximum atomic E-state index is 11.7. The molecule has 1 heterocycles. The molecule has 20 heavy (non-hydrogen) atoms. The lowest BCUT2D eigenvalue weighted by Crippen LogP contribution is -2.20. The molecule has 2 amide bonds. The Hall–Kier alpha value is -2.90. The largest absolute Gasteiger partial charge is 0.360 e. The lowest BCUT2D eigenvalue weighted by atomic mass is 10.2. The predicted octanol–water partition coefficient (Wildman–Crippen LogP) is 2.84. The standard InChI is InChI=1S/C12H12N4O4/c1-7-3-4-9(10(5-7)16(18)19)13-12(17)14-11-6-8(2)20-15-11/h3-6H,1-2H3,(H2,13,14,15,17). The zero-order valence-corrected chi connectivity index (χ0v) is 10.8. The second kappa shape index (κ2) is 5.39. The lowest BCUT2D eigenvalue weighted by Gasteiger charge is -2.06. The van der Waals surface area contributed by atoms with Crippen molar-refractivity contribution >= 4 is 23.2 Å². The first-order valence-corrected chi connectivity index (χ1v) is 5.72. The van der Waals surface area contributed by atoms with E-state index < -0.39 is 11.0 Å². The van der Waals surface area contributed by atoms with E-state index >= 15 is 0 Å². The van der Waals surface area contributed by atoms with Crippen LogP contribution >= 0.6 is 0 Å². The molecule has 0 aliphatic rings. The van der Waals surface area contributed by atoms with E-state index in [0.717, 1.165) is 5.56 Å². The van der Waals surface area contributed by atoms with Crippen LogP contribution in [0.1, 0.15) is 11.3 Å². The summed E-state index contributed by atoms with van der Waals surface area (Å²) in [6.07, 6.45) is 0. The Kier molecular flexibility index (Phi) is 3.65. The van der Waals surface area contributed by atoms with Crippen LogP contribution in [0.3, 0.4) is 0 Å². The van der Waals surface area contributed by atoms with E-state index in [2.05, 4.69) is 15.8 Å². The Balaban J connectivity index is 2.13. The van der Waals surface area contributed by atoms with E-state index in [1.165, 1.54) is 18.2 Å². The maximum absolute atomic E-state index is 11.7. The average Bonchev–Trinajstić information content (AvgIpc) is 2.76. The number of nitro groups is 1. The van der Waals surface area contributed by atoms with Gasteiger partial charge in [-0.3, -0.25) is 15.4 Å². The molecule has 2 N–H and O–H groups in total. The van der Waals surface area contributed by atoms with Gasteiger partial charge in [0.2, 0.25) is 0 Å². The second-order valence-corrected chi connectivity index (χ2v) is 4.18. The number of nitrogens with zero attached hydrogens (tertiary/aromatic N) is 2. The van der Waals surface area contributed by atoms with Gasteiger partial charge in [-0.25, -0.2) is 4.79 Å². The number of hydrogen-bond acceptors (Lipinski definition) is 5. The van der Waals surface area contributed by atoms with E-state index in [-0.39, 0.29) is 17.2 Å². The Morgan fingerprint density at radius 1 is 1.30 bits per heavy atom. The Labute approximate surface area is 113 Å².